The molecule has 1 saturated heterocycles. The van der Waals surface area contributed by atoms with Gasteiger partial charge >= 0.3 is 0 Å². The number of rotatable bonds is 4. The smallest absolute Gasteiger partial charge is 0.270 e. The first-order chi connectivity index (χ1) is 20.2. The Bertz CT molecular complexity index is 1870. The maximum Gasteiger partial charge on any atom is 0.270 e. The highest BCUT2D eigenvalue weighted by molar-refractivity contribution is 6.36. The van der Waals surface area contributed by atoms with E-state index in [1.165, 1.54) is 30.3 Å². The van der Waals surface area contributed by atoms with Gasteiger partial charge in [-0.25, -0.2) is 0 Å². The van der Waals surface area contributed by atoms with Crippen LogP contribution in [0.3, 0.4) is 0 Å². The number of nitro benzene ring substituents is 1. The average molecular weight is 595 g/mol. The minimum absolute atomic E-state index is 0.0857. The van der Waals surface area contributed by atoms with Gasteiger partial charge in [0, 0.05) is 50.5 Å². The molecular formula is C33H20Cl2N2O5. The summed E-state index contributed by atoms with van der Waals surface area (Å²) in [6.07, 6.45) is 3.67. The number of Topliss-reactive ketones (excluding diaryl/α,β-unsaturated/α-hetero) is 3. The van der Waals surface area contributed by atoms with Crippen LogP contribution in [0.1, 0.15) is 48.1 Å². The van der Waals surface area contributed by atoms with Crippen molar-refractivity contribution in [2.45, 2.75) is 18.0 Å². The predicted octanol–water partition coefficient (Wildman–Crippen LogP) is 7.22. The van der Waals surface area contributed by atoms with Gasteiger partial charge in [0.05, 0.1) is 11.0 Å². The number of carbonyl (C=O) groups is 3. The van der Waals surface area contributed by atoms with Crippen LogP contribution in [0.2, 0.25) is 10.0 Å². The predicted molar refractivity (Wildman–Crippen MR) is 160 cm³/mol. The first-order valence-electron chi connectivity index (χ1n) is 13.2. The molecule has 0 amide bonds. The lowest BCUT2D eigenvalue weighted by molar-refractivity contribution is -0.384. The third-order valence-electron chi connectivity index (χ3n) is 8.62. The SMILES string of the molecule is O=C(c1cccc([N+](=O)[O-])c1)C1C(c2ccc(Cl)cc2Cl)C2(C(=O)c3ccccc3C2=O)C2C=Cc3ccccc3N12. The van der Waals surface area contributed by atoms with Crippen LogP contribution in [0.25, 0.3) is 6.08 Å². The largest absolute Gasteiger partial charge is 0.352 e. The molecule has 7 nitrogen and oxygen atoms in total. The lowest BCUT2D eigenvalue weighted by atomic mass is 9.64. The fourth-order valence-electron chi connectivity index (χ4n) is 6.96. The zero-order chi connectivity index (χ0) is 29.3. The standard InChI is InChI=1S/C33H20Cl2N2O5/c34-20-13-14-24(25(35)17-20)28-29(30(38)19-7-5-8-21(16-19)37(41)42)36-26-11-4-1-6-18(26)12-15-27(36)33(28)31(39)22-9-2-3-10-23(22)32(33)40/h1-17,27-29H. The summed E-state index contributed by atoms with van der Waals surface area (Å²) in [6.45, 7) is 0. The van der Waals surface area contributed by atoms with Gasteiger partial charge in [-0.2, -0.15) is 0 Å². The van der Waals surface area contributed by atoms with Crippen molar-refractivity contribution in [1.82, 2.24) is 0 Å². The van der Waals surface area contributed by atoms with E-state index < -0.39 is 45.7 Å². The first-order valence-corrected chi connectivity index (χ1v) is 14.0. The van der Waals surface area contributed by atoms with Crippen LogP contribution in [0.5, 0.6) is 0 Å². The van der Waals surface area contributed by atoms with Crippen molar-refractivity contribution in [3.8, 4) is 0 Å². The molecule has 2 heterocycles. The van der Waals surface area contributed by atoms with Crippen LogP contribution >= 0.6 is 23.2 Å². The highest BCUT2D eigenvalue weighted by Crippen LogP contribution is 2.61. The maximum absolute atomic E-state index is 14.7. The zero-order valence-electron chi connectivity index (χ0n) is 21.7. The molecule has 3 aliphatic rings. The van der Waals surface area contributed by atoms with Crippen LogP contribution in [0, 0.1) is 15.5 Å². The number of non-ortho nitro benzene ring substituents is 1. The highest BCUT2D eigenvalue weighted by Gasteiger charge is 2.71. The van der Waals surface area contributed by atoms with E-state index in [1.807, 2.05) is 41.3 Å². The number of anilines is 1. The summed E-state index contributed by atoms with van der Waals surface area (Å²) in [6, 6.07) is 22.4. The van der Waals surface area contributed by atoms with Gasteiger partial charge in [-0.05, 0) is 29.3 Å². The highest BCUT2D eigenvalue weighted by atomic mass is 35.5. The minimum atomic E-state index is -1.74. The Morgan fingerprint density at radius 1 is 0.857 bits per heavy atom. The Balaban J connectivity index is 1.56. The molecule has 2 aliphatic heterocycles. The van der Waals surface area contributed by atoms with Crippen molar-refractivity contribution < 1.29 is 19.3 Å². The fourth-order valence-corrected chi connectivity index (χ4v) is 7.48. The van der Waals surface area contributed by atoms with Crippen LogP contribution < -0.4 is 4.90 Å². The van der Waals surface area contributed by atoms with Crippen LogP contribution in [-0.4, -0.2) is 34.4 Å². The van der Waals surface area contributed by atoms with Crippen molar-refractivity contribution >= 4 is 58.0 Å². The minimum Gasteiger partial charge on any atom is -0.352 e. The number of nitro groups is 1. The zero-order valence-corrected chi connectivity index (χ0v) is 23.3. The van der Waals surface area contributed by atoms with Gasteiger partial charge in [-0.15, -0.1) is 0 Å². The monoisotopic (exact) mass is 594 g/mol. The van der Waals surface area contributed by atoms with E-state index in [1.54, 1.807) is 36.4 Å². The third-order valence-corrected chi connectivity index (χ3v) is 9.18. The van der Waals surface area contributed by atoms with Crippen molar-refractivity contribution in [3.63, 3.8) is 0 Å². The Morgan fingerprint density at radius 3 is 2.24 bits per heavy atom. The Morgan fingerprint density at radius 2 is 1.55 bits per heavy atom. The number of para-hydroxylation sites is 1. The number of hydrogen-bond donors (Lipinski definition) is 0. The molecular weight excluding hydrogens is 575 g/mol. The molecule has 1 spiro atoms. The van der Waals surface area contributed by atoms with Gasteiger partial charge in [0.25, 0.3) is 5.69 Å². The van der Waals surface area contributed by atoms with Crippen LogP contribution in [0.15, 0.2) is 97.1 Å². The van der Waals surface area contributed by atoms with E-state index >= 15 is 0 Å². The normalized spacial score (nSPS) is 21.3. The summed E-state index contributed by atoms with van der Waals surface area (Å²) in [4.78, 5) is 56.9. The summed E-state index contributed by atoms with van der Waals surface area (Å²) in [5.41, 5.74) is 0.553. The lowest BCUT2D eigenvalue weighted by Gasteiger charge is -2.37. The van der Waals surface area contributed by atoms with Crippen molar-refractivity contribution in [3.05, 3.63) is 145 Å². The molecule has 4 aromatic rings. The quantitative estimate of drug-likeness (QED) is 0.107. The molecule has 42 heavy (non-hydrogen) atoms. The molecule has 1 fully saturated rings. The molecule has 3 unspecified atom stereocenters. The molecule has 0 bridgehead atoms. The number of carbonyl (C=O) groups excluding carboxylic acids is 3. The Labute approximate surface area is 250 Å². The summed E-state index contributed by atoms with van der Waals surface area (Å²) < 4.78 is 0. The molecule has 0 aromatic heterocycles. The van der Waals surface area contributed by atoms with Gasteiger partial charge in [-0.3, -0.25) is 24.5 Å². The second kappa shape index (κ2) is 9.48. The number of ketones is 3. The summed E-state index contributed by atoms with van der Waals surface area (Å²) in [5, 5.41) is 12.2. The van der Waals surface area contributed by atoms with Gasteiger partial charge in [0.2, 0.25) is 0 Å². The molecule has 4 aromatic carbocycles. The van der Waals surface area contributed by atoms with Gasteiger partial charge in [0.15, 0.2) is 17.3 Å². The van der Waals surface area contributed by atoms with E-state index in [0.29, 0.717) is 16.3 Å². The fraction of sp³-hybridized carbons (Fsp3) is 0.121. The van der Waals surface area contributed by atoms with Gasteiger partial charge in [-0.1, -0.05) is 96.0 Å². The number of benzene rings is 4. The van der Waals surface area contributed by atoms with E-state index in [4.69, 9.17) is 23.2 Å². The molecule has 9 heteroatoms. The van der Waals surface area contributed by atoms with Crippen molar-refractivity contribution in [1.29, 1.82) is 0 Å². The molecule has 7 rings (SSSR count). The number of fused-ring (bicyclic) bond motifs is 5. The second-order valence-corrected chi connectivity index (χ2v) is 11.4. The van der Waals surface area contributed by atoms with E-state index in [-0.39, 0.29) is 27.4 Å². The first kappa shape index (κ1) is 26.3. The van der Waals surface area contributed by atoms with Gasteiger partial charge < -0.3 is 4.90 Å². The molecule has 1 aliphatic carbocycles. The second-order valence-electron chi connectivity index (χ2n) is 10.6. The number of hydrogen-bond acceptors (Lipinski definition) is 6. The summed E-state index contributed by atoms with van der Waals surface area (Å²) >= 11 is 13.1. The van der Waals surface area contributed by atoms with E-state index in [0.717, 1.165) is 5.56 Å². The number of halogens is 2. The molecule has 0 saturated carbocycles. The summed E-state index contributed by atoms with van der Waals surface area (Å²) in [7, 11) is 0. The maximum atomic E-state index is 14.7. The average Bonchev–Trinajstić information content (AvgIpc) is 3.43. The number of nitrogens with zero attached hydrogens (tertiary/aromatic N) is 2. The Kier molecular flexibility index (Phi) is 5.94. The topological polar surface area (TPSA) is 97.6 Å². The molecule has 206 valence electrons. The van der Waals surface area contributed by atoms with E-state index in [2.05, 4.69) is 0 Å². The molecule has 3 atom stereocenters. The van der Waals surface area contributed by atoms with Crippen LogP contribution in [0.4, 0.5) is 11.4 Å². The molecule has 0 N–H and O–H groups in total. The van der Waals surface area contributed by atoms with Crippen molar-refractivity contribution in [2.75, 3.05) is 4.90 Å². The molecule has 0 radical (unpaired) electrons. The van der Waals surface area contributed by atoms with Crippen molar-refractivity contribution in [2.24, 2.45) is 5.41 Å². The summed E-state index contributed by atoms with van der Waals surface area (Å²) in [5.74, 6) is -2.32. The Hall–Kier alpha value is -4.59. The van der Waals surface area contributed by atoms with Crippen LogP contribution in [-0.2, 0) is 0 Å². The van der Waals surface area contributed by atoms with Gasteiger partial charge in [0.1, 0.15) is 11.5 Å². The third kappa shape index (κ3) is 3.50. The van der Waals surface area contributed by atoms with E-state index in [9.17, 15) is 24.5 Å². The lowest BCUT2D eigenvalue weighted by Crippen LogP contribution is -2.48.